The number of rotatable bonds is 1. The zero-order valence-electron chi connectivity index (χ0n) is 8.51. The van der Waals surface area contributed by atoms with Gasteiger partial charge in [-0.3, -0.25) is 9.59 Å². The van der Waals surface area contributed by atoms with Crippen molar-refractivity contribution >= 4 is 11.7 Å². The Morgan fingerprint density at radius 2 is 2.07 bits per heavy atom. The van der Waals surface area contributed by atoms with Crippen molar-refractivity contribution in [1.82, 2.24) is 19.9 Å². The molecular weight excluding hydrogens is 196 g/mol. The molecular formula is C9H12N4O2. The van der Waals surface area contributed by atoms with Crippen molar-refractivity contribution < 1.29 is 9.59 Å². The minimum atomic E-state index is -0.143. The Balaban J connectivity index is 2.05. The van der Waals surface area contributed by atoms with Crippen molar-refractivity contribution in [2.75, 3.05) is 13.1 Å². The van der Waals surface area contributed by atoms with Crippen LogP contribution >= 0.6 is 0 Å². The van der Waals surface area contributed by atoms with Gasteiger partial charge in [-0.25, -0.2) is 0 Å². The maximum absolute atomic E-state index is 11.8. The molecule has 1 saturated heterocycles. The predicted molar refractivity (Wildman–Crippen MR) is 51.1 cm³/mol. The van der Waals surface area contributed by atoms with Crippen LogP contribution in [-0.2, 0) is 11.8 Å². The Morgan fingerprint density at radius 1 is 1.40 bits per heavy atom. The highest BCUT2D eigenvalue weighted by Crippen LogP contribution is 2.08. The Kier molecular flexibility index (Phi) is 2.49. The van der Waals surface area contributed by atoms with Crippen molar-refractivity contribution in [3.05, 3.63) is 11.9 Å². The van der Waals surface area contributed by atoms with Crippen LogP contribution in [-0.4, -0.2) is 44.7 Å². The number of carbonyl (C=O) groups excluding carboxylic acids is 2. The smallest absolute Gasteiger partial charge is 0.276 e. The molecule has 6 heteroatoms. The molecule has 0 aliphatic carbocycles. The number of carbonyl (C=O) groups is 2. The van der Waals surface area contributed by atoms with E-state index in [0.29, 0.717) is 31.6 Å². The molecule has 1 aromatic rings. The highest BCUT2D eigenvalue weighted by Gasteiger charge is 2.23. The van der Waals surface area contributed by atoms with Crippen molar-refractivity contribution in [3.8, 4) is 0 Å². The highest BCUT2D eigenvalue weighted by molar-refractivity contribution is 5.93. The van der Waals surface area contributed by atoms with Crippen LogP contribution in [0.3, 0.4) is 0 Å². The van der Waals surface area contributed by atoms with Crippen LogP contribution in [0.25, 0.3) is 0 Å². The van der Waals surface area contributed by atoms with E-state index in [9.17, 15) is 9.59 Å². The topological polar surface area (TPSA) is 68.1 Å². The monoisotopic (exact) mass is 208 g/mol. The number of nitrogens with zero attached hydrogens (tertiary/aromatic N) is 4. The van der Waals surface area contributed by atoms with E-state index in [4.69, 9.17) is 0 Å². The van der Waals surface area contributed by atoms with E-state index >= 15 is 0 Å². The summed E-state index contributed by atoms with van der Waals surface area (Å²) in [6.07, 6.45) is 2.34. The molecule has 1 aromatic heterocycles. The number of aromatic nitrogens is 3. The van der Waals surface area contributed by atoms with Crippen molar-refractivity contribution in [1.29, 1.82) is 0 Å². The summed E-state index contributed by atoms with van der Waals surface area (Å²) < 4.78 is 0. The summed E-state index contributed by atoms with van der Waals surface area (Å²) in [6, 6.07) is 0. The van der Waals surface area contributed by atoms with Gasteiger partial charge in [-0.15, -0.1) is 5.10 Å². The first kappa shape index (κ1) is 9.82. The summed E-state index contributed by atoms with van der Waals surface area (Å²) in [6.45, 7) is 0.989. The summed E-state index contributed by atoms with van der Waals surface area (Å²) in [5.41, 5.74) is 0.340. The van der Waals surface area contributed by atoms with Crippen molar-refractivity contribution in [2.24, 2.45) is 7.05 Å². The number of hydrogen-bond acceptors (Lipinski definition) is 4. The lowest BCUT2D eigenvalue weighted by Gasteiger charge is -2.24. The van der Waals surface area contributed by atoms with Gasteiger partial charge in [0.2, 0.25) is 0 Å². The lowest BCUT2D eigenvalue weighted by atomic mass is 10.1. The Labute approximate surface area is 86.9 Å². The Morgan fingerprint density at radius 3 is 2.60 bits per heavy atom. The van der Waals surface area contributed by atoms with E-state index in [-0.39, 0.29) is 11.7 Å². The molecule has 80 valence electrons. The van der Waals surface area contributed by atoms with Gasteiger partial charge in [0, 0.05) is 33.0 Å². The van der Waals surface area contributed by atoms with E-state index < -0.39 is 0 Å². The second-order valence-corrected chi connectivity index (χ2v) is 3.55. The number of hydrogen-bond donors (Lipinski definition) is 0. The molecule has 0 unspecified atom stereocenters. The fraction of sp³-hybridized carbons (Fsp3) is 0.556. The molecule has 0 saturated carbocycles. The van der Waals surface area contributed by atoms with Gasteiger partial charge in [0.25, 0.3) is 5.91 Å². The summed E-state index contributed by atoms with van der Waals surface area (Å²) in [7, 11) is 1.66. The summed E-state index contributed by atoms with van der Waals surface area (Å²) in [4.78, 5) is 25.8. The van der Waals surface area contributed by atoms with Crippen LogP contribution in [0.4, 0.5) is 0 Å². The van der Waals surface area contributed by atoms with Gasteiger partial charge in [-0.1, -0.05) is 0 Å². The minimum absolute atomic E-state index is 0.143. The number of Topliss-reactive ketones (excluding diaryl/α,β-unsaturated/α-hetero) is 1. The van der Waals surface area contributed by atoms with Crippen molar-refractivity contribution in [2.45, 2.75) is 12.8 Å². The highest BCUT2D eigenvalue weighted by atomic mass is 16.2. The molecule has 0 aromatic carbocycles. The van der Waals surface area contributed by atoms with Crippen molar-refractivity contribution in [3.63, 3.8) is 0 Å². The molecule has 15 heavy (non-hydrogen) atoms. The molecule has 1 aliphatic rings. The molecule has 0 atom stereocenters. The van der Waals surface area contributed by atoms with E-state index in [1.165, 1.54) is 11.0 Å². The second-order valence-electron chi connectivity index (χ2n) is 3.55. The second kappa shape index (κ2) is 3.80. The molecule has 0 bridgehead atoms. The van der Waals surface area contributed by atoms with Crippen LogP contribution in [0.5, 0.6) is 0 Å². The van der Waals surface area contributed by atoms with Gasteiger partial charge >= 0.3 is 0 Å². The first-order valence-corrected chi connectivity index (χ1v) is 4.84. The molecule has 1 amide bonds. The third kappa shape index (κ3) is 2.03. The zero-order chi connectivity index (χ0) is 10.8. The molecule has 2 heterocycles. The fourth-order valence-electron chi connectivity index (χ4n) is 1.57. The average Bonchev–Trinajstić information content (AvgIpc) is 2.65. The van der Waals surface area contributed by atoms with Gasteiger partial charge in [0.05, 0.1) is 6.20 Å². The first-order valence-electron chi connectivity index (χ1n) is 4.84. The fourth-order valence-corrected chi connectivity index (χ4v) is 1.57. The molecule has 0 spiro atoms. The summed E-state index contributed by atoms with van der Waals surface area (Å²) >= 11 is 0. The van der Waals surface area contributed by atoms with Crippen LogP contribution in [0.2, 0.25) is 0 Å². The van der Waals surface area contributed by atoms with E-state index in [0.717, 1.165) is 0 Å². The third-order valence-corrected chi connectivity index (χ3v) is 2.43. The first-order chi connectivity index (χ1) is 7.16. The van der Waals surface area contributed by atoms with Gasteiger partial charge in [-0.2, -0.15) is 9.90 Å². The van der Waals surface area contributed by atoms with Crippen LogP contribution in [0.1, 0.15) is 23.3 Å². The number of aryl methyl sites for hydroxylation is 1. The number of amides is 1. The molecule has 0 radical (unpaired) electrons. The number of piperidine rings is 1. The molecule has 1 fully saturated rings. The largest absolute Gasteiger partial charge is 0.336 e. The summed E-state index contributed by atoms with van der Waals surface area (Å²) in [5, 5.41) is 7.77. The molecule has 1 aliphatic heterocycles. The van der Waals surface area contributed by atoms with Gasteiger partial charge in [-0.05, 0) is 0 Å². The van der Waals surface area contributed by atoms with E-state index in [1.54, 1.807) is 11.9 Å². The minimum Gasteiger partial charge on any atom is -0.336 e. The average molecular weight is 208 g/mol. The third-order valence-electron chi connectivity index (χ3n) is 2.43. The quantitative estimate of drug-likeness (QED) is 0.631. The Hall–Kier alpha value is -1.72. The molecule has 0 N–H and O–H groups in total. The summed E-state index contributed by atoms with van der Waals surface area (Å²) in [5.74, 6) is 0.0776. The number of ketones is 1. The van der Waals surface area contributed by atoms with E-state index in [2.05, 4.69) is 10.2 Å². The predicted octanol–water partition coefficient (Wildman–Crippen LogP) is -0.380. The lowest BCUT2D eigenvalue weighted by Crippen LogP contribution is -2.38. The standard InChI is InChI=1S/C9H12N4O2/c1-12-10-6-8(11-12)9(15)13-4-2-7(14)3-5-13/h6H,2-5H2,1H3. The molecule has 6 nitrogen and oxygen atoms in total. The van der Waals surface area contributed by atoms with Crippen LogP contribution < -0.4 is 0 Å². The van der Waals surface area contributed by atoms with Gasteiger partial charge in [0.15, 0.2) is 5.69 Å². The normalized spacial score (nSPS) is 16.9. The Bertz CT molecular complexity index is 389. The van der Waals surface area contributed by atoms with Crippen LogP contribution in [0, 0.1) is 0 Å². The zero-order valence-corrected chi connectivity index (χ0v) is 8.51. The lowest BCUT2D eigenvalue weighted by molar-refractivity contribution is -0.120. The van der Waals surface area contributed by atoms with Gasteiger partial charge in [0.1, 0.15) is 5.78 Å². The van der Waals surface area contributed by atoms with Crippen LogP contribution in [0.15, 0.2) is 6.20 Å². The number of likely N-dealkylation sites (tertiary alicyclic amines) is 1. The molecule has 2 rings (SSSR count). The van der Waals surface area contributed by atoms with E-state index in [1.807, 2.05) is 0 Å². The maximum Gasteiger partial charge on any atom is 0.276 e. The van der Waals surface area contributed by atoms with Gasteiger partial charge < -0.3 is 4.90 Å². The maximum atomic E-state index is 11.8. The SMILES string of the molecule is Cn1ncc(C(=O)N2CCC(=O)CC2)n1.